The van der Waals surface area contributed by atoms with E-state index in [0.717, 1.165) is 0 Å². The van der Waals surface area contributed by atoms with Gasteiger partial charge in [-0.05, 0) is 63.1 Å². The minimum Gasteiger partial charge on any atom is -0.490 e. The average Bonchev–Trinajstić information content (AvgIpc) is 2.48. The second-order valence-corrected chi connectivity index (χ2v) is 6.31. The summed E-state index contributed by atoms with van der Waals surface area (Å²) in [6.07, 6.45) is -4.93. The van der Waals surface area contributed by atoms with Crippen molar-refractivity contribution >= 4 is 17.3 Å². The number of benzene rings is 2. The number of anilines is 2. The van der Waals surface area contributed by atoms with Crippen LogP contribution in [0.2, 0.25) is 0 Å². The van der Waals surface area contributed by atoms with Crippen LogP contribution in [-0.2, 0) is 0 Å². The Kier molecular flexibility index (Phi) is 5.88. The van der Waals surface area contributed by atoms with Crippen LogP contribution >= 0.6 is 0 Å². The van der Waals surface area contributed by atoms with Gasteiger partial charge in [0.05, 0.1) is 11.8 Å². The van der Waals surface area contributed by atoms with Gasteiger partial charge in [0.2, 0.25) is 0 Å². The highest BCUT2D eigenvalue weighted by molar-refractivity contribution is 6.02. The summed E-state index contributed by atoms with van der Waals surface area (Å²) in [6, 6.07) is 7.50. The normalized spacial score (nSPS) is 11.4. The van der Waals surface area contributed by atoms with Crippen molar-refractivity contribution < 1.29 is 27.4 Å². The van der Waals surface area contributed by atoms with Crippen LogP contribution in [0.3, 0.4) is 0 Å². The Bertz CT molecular complexity index is 826. The molecule has 27 heavy (non-hydrogen) atoms. The number of hydrogen-bond donors (Lipinski definition) is 2. The van der Waals surface area contributed by atoms with E-state index in [4.69, 9.17) is 10.5 Å². The van der Waals surface area contributed by atoms with Gasteiger partial charge in [0.25, 0.3) is 5.91 Å². The van der Waals surface area contributed by atoms with E-state index >= 15 is 0 Å². The van der Waals surface area contributed by atoms with Crippen molar-refractivity contribution in [3.63, 3.8) is 0 Å². The van der Waals surface area contributed by atoms with Crippen molar-refractivity contribution in [2.75, 3.05) is 5.32 Å². The Morgan fingerprint density at radius 2 is 1.74 bits per heavy atom. The molecule has 0 saturated heterocycles. The molecular weight excluding hydrogens is 361 g/mol. The number of carbonyl (C=O) groups is 1. The van der Waals surface area contributed by atoms with Gasteiger partial charge >= 0.3 is 6.36 Å². The fraction of sp³-hybridized carbons (Fsp3) is 0.316. The van der Waals surface area contributed by atoms with Crippen molar-refractivity contribution in [2.45, 2.75) is 40.2 Å². The highest BCUT2D eigenvalue weighted by Gasteiger charge is 2.31. The van der Waals surface area contributed by atoms with Crippen LogP contribution in [0.5, 0.6) is 11.5 Å². The number of nitrogens with one attached hydrogen (secondary N) is 1. The smallest absolute Gasteiger partial charge is 0.490 e. The van der Waals surface area contributed by atoms with Gasteiger partial charge in [-0.15, -0.1) is 13.2 Å². The summed E-state index contributed by atoms with van der Waals surface area (Å²) in [7, 11) is 0. The van der Waals surface area contributed by atoms with E-state index in [1.54, 1.807) is 32.0 Å². The molecule has 2 rings (SSSR count). The van der Waals surface area contributed by atoms with Crippen LogP contribution in [0, 0.1) is 13.8 Å². The SMILES string of the molecule is Cc1cc(OC(F)(F)F)cc(C)c1Nc1cccc(OC(C)C)c1C(N)=O. The Labute approximate surface area is 155 Å². The maximum Gasteiger partial charge on any atom is 0.573 e. The molecule has 0 radical (unpaired) electrons. The van der Waals surface area contributed by atoms with Gasteiger partial charge < -0.3 is 20.5 Å². The number of hydrogen-bond acceptors (Lipinski definition) is 4. The molecule has 0 fully saturated rings. The fourth-order valence-corrected chi connectivity index (χ4v) is 2.69. The highest BCUT2D eigenvalue weighted by Crippen LogP contribution is 2.34. The standard InChI is InChI=1S/C19H21F3N2O3/c1-10(2)26-15-7-5-6-14(16(15)18(23)25)24-17-11(3)8-13(9-12(17)4)27-19(20,21)22/h5-10,24H,1-4H3,(H2,23,25). The zero-order valence-electron chi connectivity index (χ0n) is 15.4. The van der Waals surface area contributed by atoms with E-state index in [0.29, 0.717) is 28.3 Å². The van der Waals surface area contributed by atoms with Crippen molar-refractivity contribution in [1.29, 1.82) is 0 Å². The number of primary amides is 1. The van der Waals surface area contributed by atoms with Crippen molar-refractivity contribution in [3.8, 4) is 11.5 Å². The topological polar surface area (TPSA) is 73.6 Å². The number of halogens is 3. The summed E-state index contributed by atoms with van der Waals surface area (Å²) in [5.41, 5.74) is 7.65. The van der Waals surface area contributed by atoms with Crippen LogP contribution < -0.4 is 20.5 Å². The second-order valence-electron chi connectivity index (χ2n) is 6.31. The maximum absolute atomic E-state index is 12.4. The number of rotatable bonds is 6. The first-order valence-corrected chi connectivity index (χ1v) is 8.21. The number of aryl methyl sites for hydroxylation is 2. The molecule has 0 heterocycles. The molecule has 2 aromatic carbocycles. The average molecular weight is 382 g/mol. The van der Waals surface area contributed by atoms with E-state index in [-0.39, 0.29) is 17.4 Å². The van der Waals surface area contributed by atoms with Crippen molar-refractivity contribution in [1.82, 2.24) is 0 Å². The third-order valence-electron chi connectivity index (χ3n) is 3.63. The molecule has 2 aromatic rings. The van der Waals surface area contributed by atoms with Gasteiger partial charge in [-0.2, -0.15) is 0 Å². The molecule has 146 valence electrons. The molecule has 0 atom stereocenters. The molecule has 0 saturated carbocycles. The summed E-state index contributed by atoms with van der Waals surface area (Å²) in [4.78, 5) is 12.0. The summed E-state index contributed by atoms with van der Waals surface area (Å²) < 4.78 is 46.9. The predicted octanol–water partition coefficient (Wildman–Crippen LogP) is 4.83. The summed E-state index contributed by atoms with van der Waals surface area (Å²) in [6.45, 7) is 6.91. The first-order chi connectivity index (χ1) is 12.5. The Balaban J connectivity index is 2.44. The lowest BCUT2D eigenvalue weighted by Crippen LogP contribution is -2.18. The fourth-order valence-electron chi connectivity index (χ4n) is 2.69. The minimum absolute atomic E-state index is 0.166. The molecule has 0 aliphatic heterocycles. The lowest BCUT2D eigenvalue weighted by Gasteiger charge is -2.19. The number of ether oxygens (including phenoxy) is 2. The highest BCUT2D eigenvalue weighted by atomic mass is 19.4. The molecule has 5 nitrogen and oxygen atoms in total. The van der Waals surface area contributed by atoms with Crippen LogP contribution in [0.25, 0.3) is 0 Å². The number of nitrogens with two attached hydrogens (primary N) is 1. The molecule has 1 amide bonds. The predicted molar refractivity (Wildman–Crippen MR) is 96.6 cm³/mol. The summed E-state index contributed by atoms with van der Waals surface area (Å²) in [5.74, 6) is -0.661. The van der Waals surface area contributed by atoms with Crippen LogP contribution in [0.1, 0.15) is 35.3 Å². The van der Waals surface area contributed by atoms with Gasteiger partial charge in [-0.3, -0.25) is 4.79 Å². The molecule has 8 heteroatoms. The van der Waals surface area contributed by atoms with Gasteiger partial charge in [-0.25, -0.2) is 0 Å². The number of amides is 1. The van der Waals surface area contributed by atoms with E-state index in [2.05, 4.69) is 10.1 Å². The van der Waals surface area contributed by atoms with Crippen LogP contribution in [0.4, 0.5) is 24.5 Å². The van der Waals surface area contributed by atoms with E-state index in [1.807, 2.05) is 13.8 Å². The van der Waals surface area contributed by atoms with Gasteiger partial charge in [-0.1, -0.05) is 6.07 Å². The quantitative estimate of drug-likeness (QED) is 0.750. The maximum atomic E-state index is 12.4. The van der Waals surface area contributed by atoms with Crippen molar-refractivity contribution in [2.24, 2.45) is 5.73 Å². The zero-order valence-corrected chi connectivity index (χ0v) is 15.4. The molecule has 0 aliphatic carbocycles. The third kappa shape index (κ3) is 5.29. The second kappa shape index (κ2) is 7.77. The molecule has 0 spiro atoms. The first kappa shape index (κ1) is 20.4. The molecule has 0 bridgehead atoms. The lowest BCUT2D eigenvalue weighted by molar-refractivity contribution is -0.274. The lowest BCUT2D eigenvalue weighted by atomic mass is 10.1. The molecule has 0 aromatic heterocycles. The van der Waals surface area contributed by atoms with E-state index in [1.165, 1.54) is 12.1 Å². The van der Waals surface area contributed by atoms with E-state index < -0.39 is 12.3 Å². The first-order valence-electron chi connectivity index (χ1n) is 8.21. The largest absolute Gasteiger partial charge is 0.573 e. The minimum atomic E-state index is -4.77. The monoisotopic (exact) mass is 382 g/mol. The Morgan fingerprint density at radius 1 is 1.15 bits per heavy atom. The zero-order chi connectivity index (χ0) is 20.4. The van der Waals surface area contributed by atoms with Gasteiger partial charge in [0.1, 0.15) is 17.1 Å². The van der Waals surface area contributed by atoms with Crippen LogP contribution in [0.15, 0.2) is 30.3 Å². The summed E-state index contributed by atoms with van der Waals surface area (Å²) >= 11 is 0. The number of carbonyl (C=O) groups excluding carboxylic acids is 1. The Morgan fingerprint density at radius 3 is 2.22 bits per heavy atom. The molecule has 0 aliphatic rings. The molecule has 3 N–H and O–H groups in total. The van der Waals surface area contributed by atoms with E-state index in [9.17, 15) is 18.0 Å². The molecule has 0 unspecified atom stereocenters. The van der Waals surface area contributed by atoms with Gasteiger partial charge in [0.15, 0.2) is 0 Å². The summed E-state index contributed by atoms with van der Waals surface area (Å²) in [5, 5.41) is 3.08. The van der Waals surface area contributed by atoms with Crippen LogP contribution in [-0.4, -0.2) is 18.4 Å². The van der Waals surface area contributed by atoms with Crippen molar-refractivity contribution in [3.05, 3.63) is 47.0 Å². The Hall–Kier alpha value is -2.90. The third-order valence-corrected chi connectivity index (χ3v) is 3.63. The number of alkyl halides is 3. The molecular formula is C19H21F3N2O3. The van der Waals surface area contributed by atoms with Gasteiger partial charge in [0, 0.05) is 5.69 Å².